The lowest BCUT2D eigenvalue weighted by molar-refractivity contribution is 0.170. The number of aromatic nitrogens is 3. The first-order valence-corrected chi connectivity index (χ1v) is 5.69. The molecule has 2 rings (SSSR count). The molecular weight excluding hydrogens is 216 g/mol. The number of pyridine rings is 1. The normalized spacial score (nSPS) is 12.0. The van der Waals surface area contributed by atoms with Crippen LogP contribution in [0.5, 0.6) is 0 Å². The van der Waals surface area contributed by atoms with Crippen LogP contribution >= 0.6 is 0 Å². The molecule has 0 saturated heterocycles. The second kappa shape index (κ2) is 4.33. The van der Waals surface area contributed by atoms with E-state index in [1.165, 1.54) is 0 Å². The van der Waals surface area contributed by atoms with Crippen LogP contribution in [-0.4, -0.2) is 32.9 Å². The van der Waals surface area contributed by atoms with Crippen LogP contribution < -0.4 is 5.32 Å². The van der Waals surface area contributed by atoms with Gasteiger partial charge >= 0.3 is 0 Å². The molecule has 2 N–H and O–H groups in total. The lowest BCUT2D eigenvalue weighted by Crippen LogP contribution is -2.27. The predicted molar refractivity (Wildman–Crippen MR) is 67.1 cm³/mol. The fourth-order valence-corrected chi connectivity index (χ4v) is 1.48. The van der Waals surface area contributed by atoms with E-state index < -0.39 is 0 Å². The number of rotatable bonds is 4. The number of nitrogens with one attached hydrogen (secondary N) is 1. The van der Waals surface area contributed by atoms with E-state index in [1.807, 2.05) is 39.0 Å². The highest BCUT2D eigenvalue weighted by Gasteiger charge is 2.17. The molecule has 2 aromatic rings. The molecule has 0 saturated carbocycles. The van der Waals surface area contributed by atoms with Crippen LogP contribution in [0, 0.1) is 12.3 Å². The molecule has 0 atom stereocenters. The van der Waals surface area contributed by atoms with Crippen molar-refractivity contribution in [1.82, 2.24) is 14.6 Å². The zero-order valence-electron chi connectivity index (χ0n) is 10.4. The molecule has 0 aromatic carbocycles. The Morgan fingerprint density at radius 1 is 1.41 bits per heavy atom. The number of aryl methyl sites for hydroxylation is 1. The quantitative estimate of drug-likeness (QED) is 0.841. The summed E-state index contributed by atoms with van der Waals surface area (Å²) in [5.74, 6) is 0.598. The first kappa shape index (κ1) is 11.9. The maximum Gasteiger partial charge on any atom is 0.243 e. The summed E-state index contributed by atoms with van der Waals surface area (Å²) < 4.78 is 1.80. The van der Waals surface area contributed by atoms with Crippen LogP contribution in [0.4, 0.5) is 5.95 Å². The monoisotopic (exact) mass is 234 g/mol. The highest BCUT2D eigenvalue weighted by Crippen LogP contribution is 2.15. The molecule has 2 heterocycles. The van der Waals surface area contributed by atoms with E-state index >= 15 is 0 Å². The van der Waals surface area contributed by atoms with E-state index in [0.29, 0.717) is 12.5 Å². The van der Waals surface area contributed by atoms with Gasteiger partial charge in [-0.2, -0.15) is 4.98 Å². The molecular formula is C12H18N4O. The van der Waals surface area contributed by atoms with Crippen molar-refractivity contribution in [3.05, 3.63) is 23.9 Å². The second-order valence-electron chi connectivity index (χ2n) is 5.05. The molecule has 0 unspecified atom stereocenters. The second-order valence-corrected chi connectivity index (χ2v) is 5.05. The van der Waals surface area contributed by atoms with Crippen molar-refractivity contribution in [1.29, 1.82) is 0 Å². The van der Waals surface area contributed by atoms with Crippen LogP contribution in [0.15, 0.2) is 18.2 Å². The molecule has 0 aliphatic heterocycles. The van der Waals surface area contributed by atoms with Crippen LogP contribution in [0.1, 0.15) is 19.5 Å². The van der Waals surface area contributed by atoms with E-state index in [2.05, 4.69) is 15.4 Å². The van der Waals surface area contributed by atoms with Crippen molar-refractivity contribution in [3.8, 4) is 0 Å². The summed E-state index contributed by atoms with van der Waals surface area (Å²) in [5, 5.41) is 16.7. The Morgan fingerprint density at radius 3 is 2.82 bits per heavy atom. The lowest BCUT2D eigenvalue weighted by atomic mass is 9.95. The minimum absolute atomic E-state index is 0.131. The molecule has 0 spiro atoms. The van der Waals surface area contributed by atoms with Crippen LogP contribution in [0.2, 0.25) is 0 Å². The van der Waals surface area contributed by atoms with Gasteiger partial charge in [-0.05, 0) is 19.1 Å². The van der Waals surface area contributed by atoms with Gasteiger partial charge in [-0.1, -0.05) is 19.9 Å². The molecule has 0 amide bonds. The molecule has 0 aliphatic rings. The fourth-order valence-electron chi connectivity index (χ4n) is 1.48. The van der Waals surface area contributed by atoms with Gasteiger partial charge in [0, 0.05) is 24.3 Å². The summed E-state index contributed by atoms with van der Waals surface area (Å²) in [6.07, 6.45) is 0. The Balaban J connectivity index is 2.18. The zero-order valence-corrected chi connectivity index (χ0v) is 10.4. The van der Waals surface area contributed by atoms with Crippen molar-refractivity contribution in [2.45, 2.75) is 20.8 Å². The number of fused-ring (bicyclic) bond motifs is 1. The Labute approximate surface area is 100 Å². The minimum atomic E-state index is -0.174. The summed E-state index contributed by atoms with van der Waals surface area (Å²) in [5.41, 5.74) is 1.70. The third-order valence-electron chi connectivity index (χ3n) is 2.70. The fraction of sp³-hybridized carbons (Fsp3) is 0.500. The maximum atomic E-state index is 9.17. The maximum absolute atomic E-state index is 9.17. The highest BCUT2D eigenvalue weighted by atomic mass is 16.3. The Bertz CT molecular complexity index is 518. The number of hydrogen-bond donors (Lipinski definition) is 2. The number of aliphatic hydroxyl groups excluding tert-OH is 1. The molecule has 2 aromatic heterocycles. The summed E-state index contributed by atoms with van der Waals surface area (Å²) in [6, 6.07) is 5.87. The van der Waals surface area contributed by atoms with Gasteiger partial charge in [-0.3, -0.25) is 0 Å². The average Bonchev–Trinajstić information content (AvgIpc) is 2.71. The van der Waals surface area contributed by atoms with Crippen LogP contribution in [0.3, 0.4) is 0 Å². The third kappa shape index (κ3) is 2.55. The van der Waals surface area contributed by atoms with Crippen molar-refractivity contribution in [3.63, 3.8) is 0 Å². The summed E-state index contributed by atoms with van der Waals surface area (Å²) >= 11 is 0. The van der Waals surface area contributed by atoms with Crippen molar-refractivity contribution >= 4 is 11.6 Å². The van der Waals surface area contributed by atoms with Gasteiger partial charge in [-0.15, -0.1) is 5.10 Å². The molecule has 92 valence electrons. The first-order chi connectivity index (χ1) is 8.02. The third-order valence-corrected chi connectivity index (χ3v) is 2.70. The molecule has 5 heteroatoms. The molecule has 0 fully saturated rings. The Hall–Kier alpha value is -1.62. The van der Waals surface area contributed by atoms with Crippen molar-refractivity contribution < 1.29 is 5.11 Å². The molecule has 0 bridgehead atoms. The molecule has 5 nitrogen and oxygen atoms in total. The molecule has 0 radical (unpaired) electrons. The van der Waals surface area contributed by atoms with E-state index in [9.17, 15) is 0 Å². The van der Waals surface area contributed by atoms with Gasteiger partial charge in [0.1, 0.15) is 0 Å². The number of nitrogens with zero attached hydrogens (tertiary/aromatic N) is 3. The van der Waals surface area contributed by atoms with Gasteiger partial charge in [0.25, 0.3) is 0 Å². The van der Waals surface area contributed by atoms with E-state index in [-0.39, 0.29) is 12.0 Å². The van der Waals surface area contributed by atoms with Gasteiger partial charge in [0.05, 0.1) is 0 Å². The molecule has 0 aliphatic carbocycles. The summed E-state index contributed by atoms with van der Waals surface area (Å²) in [7, 11) is 0. The predicted octanol–water partition coefficient (Wildman–Crippen LogP) is 1.47. The smallest absolute Gasteiger partial charge is 0.243 e. The SMILES string of the molecule is Cc1cccc2nc(NCC(C)(C)CO)nn12. The lowest BCUT2D eigenvalue weighted by Gasteiger charge is -2.20. The standard InChI is InChI=1S/C12H18N4O/c1-9-5-4-6-10-14-11(15-16(9)10)13-7-12(2,3)8-17/h4-6,17H,7-8H2,1-3H3,(H,13,15). The zero-order chi connectivity index (χ0) is 12.5. The molecule has 17 heavy (non-hydrogen) atoms. The van der Waals surface area contributed by atoms with Gasteiger partial charge in [0.2, 0.25) is 5.95 Å². The summed E-state index contributed by atoms with van der Waals surface area (Å²) in [4.78, 5) is 4.37. The van der Waals surface area contributed by atoms with Crippen LogP contribution in [-0.2, 0) is 0 Å². The van der Waals surface area contributed by atoms with Crippen molar-refractivity contribution in [2.24, 2.45) is 5.41 Å². The minimum Gasteiger partial charge on any atom is -0.396 e. The number of aliphatic hydroxyl groups is 1. The van der Waals surface area contributed by atoms with E-state index in [4.69, 9.17) is 5.11 Å². The van der Waals surface area contributed by atoms with Gasteiger partial charge in [-0.25, -0.2) is 4.52 Å². The summed E-state index contributed by atoms with van der Waals surface area (Å²) in [6.45, 7) is 6.73. The van der Waals surface area contributed by atoms with E-state index in [0.717, 1.165) is 11.3 Å². The largest absolute Gasteiger partial charge is 0.396 e. The van der Waals surface area contributed by atoms with Crippen LogP contribution in [0.25, 0.3) is 5.65 Å². The highest BCUT2D eigenvalue weighted by molar-refractivity contribution is 5.44. The van der Waals surface area contributed by atoms with Gasteiger partial charge in [0.15, 0.2) is 5.65 Å². The Kier molecular flexibility index (Phi) is 3.02. The van der Waals surface area contributed by atoms with Gasteiger partial charge < -0.3 is 10.4 Å². The average molecular weight is 234 g/mol. The Morgan fingerprint density at radius 2 is 2.18 bits per heavy atom. The number of hydrogen-bond acceptors (Lipinski definition) is 4. The van der Waals surface area contributed by atoms with E-state index in [1.54, 1.807) is 4.52 Å². The first-order valence-electron chi connectivity index (χ1n) is 5.69. The van der Waals surface area contributed by atoms with Crippen molar-refractivity contribution in [2.75, 3.05) is 18.5 Å². The number of anilines is 1. The topological polar surface area (TPSA) is 62.5 Å².